The Kier molecular flexibility index (Phi) is 5.01. The highest BCUT2D eigenvalue weighted by atomic mass is 79.9. The van der Waals surface area contributed by atoms with Crippen molar-refractivity contribution in [3.8, 4) is 0 Å². The van der Waals surface area contributed by atoms with Crippen LogP contribution in [0.4, 0.5) is 4.39 Å². The third kappa shape index (κ3) is 3.37. The SMILES string of the molecule is CCNC(c1ccc(C)c(F)c1)c1cc(Cl)c(Br)s1. The molecule has 0 amide bonds. The lowest BCUT2D eigenvalue weighted by Gasteiger charge is -2.17. The van der Waals surface area contributed by atoms with Crippen molar-refractivity contribution in [2.75, 3.05) is 6.54 Å². The number of halogens is 3. The number of hydrogen-bond donors (Lipinski definition) is 1. The number of thiophene rings is 1. The molecule has 0 aliphatic heterocycles. The first kappa shape index (κ1) is 15.0. The second kappa shape index (κ2) is 6.35. The molecule has 0 saturated carbocycles. The van der Waals surface area contributed by atoms with Crippen molar-refractivity contribution in [1.82, 2.24) is 5.32 Å². The minimum atomic E-state index is -0.179. The Morgan fingerprint density at radius 3 is 2.68 bits per heavy atom. The summed E-state index contributed by atoms with van der Waals surface area (Å²) in [5, 5.41) is 4.06. The van der Waals surface area contributed by atoms with Gasteiger partial charge in [0.25, 0.3) is 0 Å². The summed E-state index contributed by atoms with van der Waals surface area (Å²) in [5.41, 5.74) is 1.57. The van der Waals surface area contributed by atoms with Gasteiger partial charge in [-0.15, -0.1) is 11.3 Å². The molecule has 0 radical (unpaired) electrons. The summed E-state index contributed by atoms with van der Waals surface area (Å²) in [4.78, 5) is 1.07. The third-order valence-electron chi connectivity index (χ3n) is 2.89. The number of aryl methyl sites for hydroxylation is 1. The van der Waals surface area contributed by atoms with Gasteiger partial charge in [0, 0.05) is 4.88 Å². The summed E-state index contributed by atoms with van der Waals surface area (Å²) in [6.07, 6.45) is 0. The van der Waals surface area contributed by atoms with Crippen LogP contribution in [-0.2, 0) is 0 Å². The van der Waals surface area contributed by atoms with E-state index in [2.05, 4.69) is 21.2 Å². The molecule has 2 rings (SSSR count). The van der Waals surface area contributed by atoms with Crippen LogP contribution >= 0.6 is 38.9 Å². The Morgan fingerprint density at radius 2 is 2.16 bits per heavy atom. The van der Waals surface area contributed by atoms with Crippen LogP contribution < -0.4 is 5.32 Å². The van der Waals surface area contributed by atoms with Gasteiger partial charge in [-0.1, -0.05) is 30.7 Å². The average molecular weight is 363 g/mol. The highest BCUT2D eigenvalue weighted by molar-refractivity contribution is 9.11. The topological polar surface area (TPSA) is 12.0 Å². The Morgan fingerprint density at radius 1 is 1.42 bits per heavy atom. The molecular weight excluding hydrogens is 349 g/mol. The van der Waals surface area contributed by atoms with Crippen molar-refractivity contribution in [3.63, 3.8) is 0 Å². The van der Waals surface area contributed by atoms with Gasteiger partial charge in [-0.25, -0.2) is 4.39 Å². The Hall–Kier alpha value is -0.420. The summed E-state index contributed by atoms with van der Waals surface area (Å²) in [6.45, 7) is 4.59. The molecule has 0 bridgehead atoms. The zero-order valence-corrected chi connectivity index (χ0v) is 13.8. The van der Waals surface area contributed by atoms with Crippen molar-refractivity contribution >= 4 is 38.9 Å². The fourth-order valence-corrected chi connectivity index (χ4v) is 3.73. The van der Waals surface area contributed by atoms with E-state index >= 15 is 0 Å². The van der Waals surface area contributed by atoms with Crippen molar-refractivity contribution < 1.29 is 4.39 Å². The van der Waals surface area contributed by atoms with Gasteiger partial charge in [-0.05, 0) is 52.7 Å². The average Bonchev–Trinajstić information content (AvgIpc) is 2.70. The molecule has 0 fully saturated rings. The molecule has 1 aromatic carbocycles. The van der Waals surface area contributed by atoms with Crippen LogP contribution in [0, 0.1) is 12.7 Å². The first-order valence-corrected chi connectivity index (χ1v) is 7.95. The molecule has 0 aliphatic carbocycles. The molecule has 0 aliphatic rings. The molecule has 1 heterocycles. The zero-order valence-electron chi connectivity index (χ0n) is 10.6. The predicted octanol–water partition coefficient (Wildman–Crippen LogP) is 5.31. The highest BCUT2D eigenvalue weighted by Crippen LogP contribution is 2.37. The predicted molar refractivity (Wildman–Crippen MR) is 83.7 cm³/mol. The van der Waals surface area contributed by atoms with E-state index in [9.17, 15) is 4.39 Å². The molecule has 1 aromatic heterocycles. The van der Waals surface area contributed by atoms with E-state index in [1.165, 1.54) is 0 Å². The first-order valence-electron chi connectivity index (χ1n) is 5.97. The van der Waals surface area contributed by atoms with E-state index in [0.29, 0.717) is 10.6 Å². The summed E-state index contributed by atoms with van der Waals surface area (Å²) < 4.78 is 14.6. The molecule has 1 atom stereocenters. The molecule has 5 heteroatoms. The Labute approximate surface area is 129 Å². The highest BCUT2D eigenvalue weighted by Gasteiger charge is 2.18. The lowest BCUT2D eigenvalue weighted by Crippen LogP contribution is -2.21. The molecule has 1 N–H and O–H groups in total. The van der Waals surface area contributed by atoms with Gasteiger partial charge in [0.2, 0.25) is 0 Å². The molecule has 0 spiro atoms. The standard InChI is InChI=1S/C14H14BrClFNS/c1-3-18-13(12-7-10(16)14(15)19-12)9-5-4-8(2)11(17)6-9/h4-7,13,18H,3H2,1-2H3. The third-order valence-corrected chi connectivity index (χ3v) is 5.43. The molecule has 19 heavy (non-hydrogen) atoms. The van der Waals surface area contributed by atoms with E-state index in [-0.39, 0.29) is 11.9 Å². The minimum absolute atomic E-state index is 0.0334. The van der Waals surface area contributed by atoms with E-state index in [0.717, 1.165) is 20.8 Å². The number of nitrogens with one attached hydrogen (secondary N) is 1. The van der Waals surface area contributed by atoms with Crippen molar-refractivity contribution in [3.05, 3.63) is 54.9 Å². The molecule has 0 saturated heterocycles. The van der Waals surface area contributed by atoms with Crippen LogP contribution in [0.5, 0.6) is 0 Å². The lowest BCUT2D eigenvalue weighted by molar-refractivity contribution is 0.600. The van der Waals surface area contributed by atoms with Gasteiger partial charge >= 0.3 is 0 Å². The summed E-state index contributed by atoms with van der Waals surface area (Å²) >= 11 is 11.1. The van der Waals surface area contributed by atoms with Gasteiger partial charge in [0.1, 0.15) is 5.82 Å². The van der Waals surface area contributed by atoms with Gasteiger partial charge in [0.15, 0.2) is 0 Å². The van der Waals surface area contributed by atoms with Crippen molar-refractivity contribution in [1.29, 1.82) is 0 Å². The van der Waals surface area contributed by atoms with Crippen LogP contribution in [0.1, 0.15) is 29.0 Å². The number of rotatable bonds is 4. The fraction of sp³-hybridized carbons (Fsp3) is 0.286. The second-order valence-electron chi connectivity index (χ2n) is 4.27. The molecule has 1 unspecified atom stereocenters. The summed E-state index contributed by atoms with van der Waals surface area (Å²) in [6, 6.07) is 7.23. The largest absolute Gasteiger partial charge is 0.306 e. The maximum absolute atomic E-state index is 13.7. The van der Waals surface area contributed by atoms with Gasteiger partial charge in [-0.2, -0.15) is 0 Å². The fourth-order valence-electron chi connectivity index (χ4n) is 1.88. The zero-order chi connectivity index (χ0) is 14.0. The normalized spacial score (nSPS) is 12.7. The summed E-state index contributed by atoms with van der Waals surface area (Å²) in [7, 11) is 0. The van der Waals surface area contributed by atoms with Crippen LogP contribution in [0.3, 0.4) is 0 Å². The Balaban J connectivity index is 2.41. The maximum Gasteiger partial charge on any atom is 0.126 e. The maximum atomic E-state index is 13.7. The van der Waals surface area contributed by atoms with Crippen LogP contribution in [0.15, 0.2) is 28.1 Å². The number of benzene rings is 1. The van der Waals surface area contributed by atoms with Crippen molar-refractivity contribution in [2.45, 2.75) is 19.9 Å². The van der Waals surface area contributed by atoms with E-state index in [1.54, 1.807) is 30.4 Å². The van der Waals surface area contributed by atoms with Gasteiger partial charge in [0.05, 0.1) is 14.9 Å². The minimum Gasteiger partial charge on any atom is -0.306 e. The van der Waals surface area contributed by atoms with Crippen LogP contribution in [0.2, 0.25) is 5.02 Å². The van der Waals surface area contributed by atoms with Gasteiger partial charge in [-0.3, -0.25) is 0 Å². The molecule has 102 valence electrons. The quantitative estimate of drug-likeness (QED) is 0.777. The molecular formula is C14H14BrClFNS. The van der Waals surface area contributed by atoms with E-state index < -0.39 is 0 Å². The van der Waals surface area contributed by atoms with Gasteiger partial charge < -0.3 is 5.32 Å². The summed E-state index contributed by atoms with van der Waals surface area (Å²) in [5.74, 6) is -0.179. The van der Waals surface area contributed by atoms with E-state index in [4.69, 9.17) is 11.6 Å². The first-order chi connectivity index (χ1) is 9.02. The lowest BCUT2D eigenvalue weighted by atomic mass is 10.0. The van der Waals surface area contributed by atoms with Crippen LogP contribution in [-0.4, -0.2) is 6.54 Å². The van der Waals surface area contributed by atoms with E-state index in [1.807, 2.05) is 19.1 Å². The second-order valence-corrected chi connectivity index (χ2v) is 7.08. The Bertz CT molecular complexity index is 565. The number of hydrogen-bond acceptors (Lipinski definition) is 2. The van der Waals surface area contributed by atoms with Crippen molar-refractivity contribution in [2.24, 2.45) is 0 Å². The smallest absolute Gasteiger partial charge is 0.126 e. The van der Waals surface area contributed by atoms with Crippen LogP contribution in [0.25, 0.3) is 0 Å². The monoisotopic (exact) mass is 361 g/mol. The molecule has 2 aromatic rings. The molecule has 1 nitrogen and oxygen atoms in total.